The second kappa shape index (κ2) is 8.02. The zero-order valence-electron chi connectivity index (χ0n) is 14.9. The van der Waals surface area contributed by atoms with E-state index in [1.165, 1.54) is 28.2 Å². The number of nitrogens with two attached hydrogens (primary N) is 1. The van der Waals surface area contributed by atoms with Crippen LogP contribution in [0.3, 0.4) is 0 Å². The summed E-state index contributed by atoms with van der Waals surface area (Å²) in [6, 6.07) is 10.1. The minimum absolute atomic E-state index is 0.0863. The molecular weight excluding hydrogens is 382 g/mol. The second-order valence-electron chi connectivity index (χ2n) is 6.52. The van der Waals surface area contributed by atoms with Crippen molar-refractivity contribution >= 4 is 28.9 Å². The van der Waals surface area contributed by atoms with Crippen LogP contribution in [0.4, 0.5) is 5.95 Å². The summed E-state index contributed by atoms with van der Waals surface area (Å²) in [5.41, 5.74) is 8.06. The van der Waals surface area contributed by atoms with Crippen LogP contribution >= 0.6 is 11.8 Å². The topological polar surface area (TPSA) is 140 Å². The van der Waals surface area contributed by atoms with Crippen molar-refractivity contribution in [2.75, 3.05) is 18.1 Å². The van der Waals surface area contributed by atoms with Crippen molar-refractivity contribution in [2.24, 2.45) is 0 Å². The summed E-state index contributed by atoms with van der Waals surface area (Å²) in [6.45, 7) is -0.404. The first kappa shape index (κ1) is 19.1. The SMILES string of the molecule is Nc1nc(SCCc2ccccc2)c2ncn([C@@H]3O[C@H](CO)[C@@H](O)[C@H]3O)c2n1. The lowest BCUT2D eigenvalue weighted by Gasteiger charge is -2.16. The molecule has 28 heavy (non-hydrogen) atoms. The van der Waals surface area contributed by atoms with Gasteiger partial charge in [0.05, 0.1) is 12.9 Å². The molecule has 10 heteroatoms. The Morgan fingerprint density at radius 2 is 1.93 bits per heavy atom. The fourth-order valence-corrected chi connectivity index (χ4v) is 4.18. The molecule has 1 fully saturated rings. The Kier molecular flexibility index (Phi) is 5.47. The molecule has 3 aromatic rings. The number of aromatic nitrogens is 4. The molecule has 0 saturated carbocycles. The third kappa shape index (κ3) is 3.56. The van der Waals surface area contributed by atoms with Gasteiger partial charge < -0.3 is 25.8 Å². The summed E-state index contributed by atoms with van der Waals surface area (Å²) in [6.07, 6.45) is -1.89. The molecule has 0 radical (unpaired) electrons. The van der Waals surface area contributed by atoms with Crippen LogP contribution in [0, 0.1) is 0 Å². The Hall–Kier alpha value is -2.24. The van der Waals surface area contributed by atoms with Crippen molar-refractivity contribution in [2.45, 2.75) is 36.0 Å². The Bertz CT molecular complexity index is 954. The quantitative estimate of drug-likeness (QED) is 0.339. The molecule has 1 aliphatic rings. The molecule has 148 valence electrons. The fraction of sp³-hybridized carbons (Fsp3) is 0.389. The van der Waals surface area contributed by atoms with Gasteiger partial charge in [0.15, 0.2) is 11.9 Å². The number of fused-ring (bicyclic) bond motifs is 1. The first-order valence-electron chi connectivity index (χ1n) is 8.87. The van der Waals surface area contributed by atoms with E-state index in [1.54, 1.807) is 0 Å². The van der Waals surface area contributed by atoms with Crippen molar-refractivity contribution in [1.82, 2.24) is 19.5 Å². The van der Waals surface area contributed by atoms with Gasteiger partial charge in [-0.1, -0.05) is 30.3 Å². The summed E-state index contributed by atoms with van der Waals surface area (Å²) < 4.78 is 7.08. The molecule has 4 atom stereocenters. The van der Waals surface area contributed by atoms with Gasteiger partial charge in [0.25, 0.3) is 0 Å². The van der Waals surface area contributed by atoms with E-state index in [0.717, 1.165) is 12.2 Å². The summed E-state index contributed by atoms with van der Waals surface area (Å²) in [7, 11) is 0. The van der Waals surface area contributed by atoms with Gasteiger partial charge in [-0.3, -0.25) is 4.57 Å². The molecule has 2 aromatic heterocycles. The number of benzene rings is 1. The maximum absolute atomic E-state index is 10.3. The summed E-state index contributed by atoms with van der Waals surface area (Å²) in [5.74, 6) is 0.874. The normalized spacial score (nSPS) is 24.8. The molecule has 0 amide bonds. The van der Waals surface area contributed by atoms with Crippen molar-refractivity contribution in [1.29, 1.82) is 0 Å². The maximum Gasteiger partial charge on any atom is 0.223 e. The lowest BCUT2D eigenvalue weighted by atomic mass is 10.1. The average molecular weight is 403 g/mol. The van der Waals surface area contributed by atoms with E-state index < -0.39 is 31.1 Å². The van der Waals surface area contributed by atoms with Crippen molar-refractivity contribution in [3.05, 3.63) is 42.2 Å². The molecule has 0 aliphatic carbocycles. The minimum atomic E-state index is -1.22. The zero-order chi connectivity index (χ0) is 19.7. The van der Waals surface area contributed by atoms with Gasteiger partial charge in [-0.2, -0.15) is 4.98 Å². The van der Waals surface area contributed by atoms with Crippen LogP contribution in [-0.2, 0) is 11.2 Å². The number of aliphatic hydroxyl groups is 3. The molecule has 1 saturated heterocycles. The first-order chi connectivity index (χ1) is 13.6. The van der Waals surface area contributed by atoms with E-state index in [2.05, 4.69) is 27.1 Å². The molecule has 4 rings (SSSR count). The number of ether oxygens (including phenoxy) is 1. The van der Waals surface area contributed by atoms with E-state index in [-0.39, 0.29) is 5.95 Å². The maximum atomic E-state index is 10.3. The van der Waals surface area contributed by atoms with E-state index in [0.29, 0.717) is 16.2 Å². The predicted molar refractivity (Wildman–Crippen MR) is 104 cm³/mol. The Morgan fingerprint density at radius 3 is 2.64 bits per heavy atom. The van der Waals surface area contributed by atoms with Crippen LogP contribution in [0.25, 0.3) is 11.2 Å². The van der Waals surface area contributed by atoms with Gasteiger partial charge in [-0.15, -0.1) is 11.8 Å². The first-order valence-corrected chi connectivity index (χ1v) is 9.86. The lowest BCUT2D eigenvalue weighted by molar-refractivity contribution is -0.0511. The van der Waals surface area contributed by atoms with Crippen molar-refractivity contribution < 1.29 is 20.1 Å². The third-order valence-electron chi connectivity index (χ3n) is 4.67. The average Bonchev–Trinajstić information content (AvgIpc) is 3.24. The smallest absolute Gasteiger partial charge is 0.223 e. The molecule has 5 N–H and O–H groups in total. The number of hydrogen-bond acceptors (Lipinski definition) is 9. The number of hydrogen-bond donors (Lipinski definition) is 4. The van der Waals surface area contributed by atoms with Crippen LogP contribution in [0.15, 0.2) is 41.7 Å². The van der Waals surface area contributed by atoms with Crippen LogP contribution in [0.2, 0.25) is 0 Å². The number of rotatable bonds is 6. The van der Waals surface area contributed by atoms with Gasteiger partial charge in [0.1, 0.15) is 28.9 Å². The van der Waals surface area contributed by atoms with Gasteiger partial charge in [-0.05, 0) is 12.0 Å². The number of nitrogen functional groups attached to an aromatic ring is 1. The summed E-state index contributed by atoms with van der Waals surface area (Å²) in [4.78, 5) is 12.9. The van der Waals surface area contributed by atoms with E-state index in [9.17, 15) is 15.3 Å². The highest BCUT2D eigenvalue weighted by Crippen LogP contribution is 2.33. The van der Waals surface area contributed by atoms with Gasteiger partial charge in [0, 0.05) is 5.75 Å². The molecule has 1 aliphatic heterocycles. The van der Waals surface area contributed by atoms with E-state index in [4.69, 9.17) is 10.5 Å². The van der Waals surface area contributed by atoms with Crippen LogP contribution < -0.4 is 5.73 Å². The molecule has 3 heterocycles. The van der Waals surface area contributed by atoms with Crippen LogP contribution in [0.1, 0.15) is 11.8 Å². The van der Waals surface area contributed by atoms with Crippen molar-refractivity contribution in [3.8, 4) is 0 Å². The zero-order valence-corrected chi connectivity index (χ0v) is 15.7. The number of anilines is 1. The predicted octanol–water partition coefficient (Wildman–Crippen LogP) is 0.355. The Labute approximate surface area is 165 Å². The van der Waals surface area contributed by atoms with E-state index >= 15 is 0 Å². The highest BCUT2D eigenvalue weighted by atomic mass is 32.2. The van der Waals surface area contributed by atoms with Crippen LogP contribution in [0.5, 0.6) is 0 Å². The largest absolute Gasteiger partial charge is 0.394 e. The Morgan fingerprint density at radius 1 is 1.14 bits per heavy atom. The van der Waals surface area contributed by atoms with Gasteiger partial charge >= 0.3 is 0 Å². The second-order valence-corrected chi connectivity index (χ2v) is 7.61. The van der Waals surface area contributed by atoms with Crippen LogP contribution in [-0.4, -0.2) is 65.5 Å². The molecule has 9 nitrogen and oxygen atoms in total. The molecule has 0 bridgehead atoms. The number of thioether (sulfide) groups is 1. The molecule has 0 unspecified atom stereocenters. The van der Waals surface area contributed by atoms with Gasteiger partial charge in [0.2, 0.25) is 5.95 Å². The summed E-state index contributed by atoms with van der Waals surface area (Å²) in [5, 5.41) is 30.2. The molecule has 0 spiro atoms. The minimum Gasteiger partial charge on any atom is -0.394 e. The highest BCUT2D eigenvalue weighted by molar-refractivity contribution is 7.99. The highest BCUT2D eigenvalue weighted by Gasteiger charge is 2.44. The number of aryl methyl sites for hydroxylation is 1. The third-order valence-corrected chi connectivity index (χ3v) is 5.64. The van der Waals surface area contributed by atoms with E-state index in [1.807, 2.05) is 18.2 Å². The molecule has 1 aromatic carbocycles. The monoisotopic (exact) mass is 403 g/mol. The fourth-order valence-electron chi connectivity index (χ4n) is 3.21. The number of imidazole rings is 1. The summed E-state index contributed by atoms with van der Waals surface area (Å²) >= 11 is 1.52. The molecular formula is C18H21N5O4S. The number of nitrogens with zero attached hydrogens (tertiary/aromatic N) is 4. The lowest BCUT2D eigenvalue weighted by Crippen LogP contribution is -2.33. The van der Waals surface area contributed by atoms with Crippen molar-refractivity contribution in [3.63, 3.8) is 0 Å². The standard InChI is InChI=1S/C18H21N5O4S/c19-18-21-15-12(16(22-18)28-7-6-10-4-2-1-3-5-10)20-9-23(15)17-14(26)13(25)11(8-24)27-17/h1-5,9,11,13-14,17,24-26H,6-8H2,(H2,19,21,22)/t11-,13-,14-,17-/m1/s1. The van der Waals surface area contributed by atoms with Gasteiger partial charge in [-0.25, -0.2) is 9.97 Å². The number of aliphatic hydroxyl groups excluding tert-OH is 3. The Balaban J connectivity index is 1.58.